The Kier molecular flexibility index (Phi) is 6.66. The number of hydrogen-bond donors (Lipinski definition) is 1. The van der Waals surface area contributed by atoms with E-state index in [-0.39, 0.29) is 17.8 Å². The van der Waals surface area contributed by atoms with Gasteiger partial charge in [0, 0.05) is 43.8 Å². The SMILES string of the molecule is CCC(OCCCCCC(=O)N(C)C)c1cc2c(-c3ccc(O)cc3)cc3cccc1n32. The van der Waals surface area contributed by atoms with Crippen LogP contribution in [0.4, 0.5) is 0 Å². The fourth-order valence-electron chi connectivity index (χ4n) is 4.40. The first kappa shape index (κ1) is 22.2. The third-order valence-electron chi connectivity index (χ3n) is 6.17. The van der Waals surface area contributed by atoms with E-state index >= 15 is 0 Å². The summed E-state index contributed by atoms with van der Waals surface area (Å²) in [5.74, 6) is 0.462. The molecule has 4 aromatic rings. The predicted octanol–water partition coefficient (Wildman–Crippen LogP) is 6.02. The predicted molar refractivity (Wildman–Crippen MR) is 129 cm³/mol. The van der Waals surface area contributed by atoms with Gasteiger partial charge in [0.15, 0.2) is 0 Å². The highest BCUT2D eigenvalue weighted by Crippen LogP contribution is 2.38. The molecule has 0 aliphatic carbocycles. The van der Waals surface area contributed by atoms with Gasteiger partial charge >= 0.3 is 0 Å². The number of carbonyl (C=O) groups excluding carboxylic acids is 1. The molecule has 1 N–H and O–H groups in total. The number of amides is 1. The third kappa shape index (κ3) is 4.44. The van der Waals surface area contributed by atoms with E-state index in [0.717, 1.165) is 42.3 Å². The minimum Gasteiger partial charge on any atom is -0.508 e. The van der Waals surface area contributed by atoms with Crippen LogP contribution in [0.25, 0.3) is 27.7 Å². The van der Waals surface area contributed by atoms with Gasteiger partial charge < -0.3 is 19.1 Å². The van der Waals surface area contributed by atoms with Crippen molar-refractivity contribution in [3.63, 3.8) is 0 Å². The van der Waals surface area contributed by atoms with Crippen LogP contribution in [-0.4, -0.2) is 41.0 Å². The van der Waals surface area contributed by atoms with Gasteiger partial charge in [-0.3, -0.25) is 4.79 Å². The number of nitrogens with zero attached hydrogens (tertiary/aromatic N) is 2. The molecule has 1 atom stereocenters. The molecule has 0 radical (unpaired) electrons. The van der Waals surface area contributed by atoms with Crippen molar-refractivity contribution in [1.29, 1.82) is 0 Å². The second-order valence-electron chi connectivity index (χ2n) is 8.63. The summed E-state index contributed by atoms with van der Waals surface area (Å²) in [5.41, 5.74) is 6.98. The zero-order chi connectivity index (χ0) is 22.7. The Morgan fingerprint density at radius 2 is 1.81 bits per heavy atom. The molecule has 0 fully saturated rings. The lowest BCUT2D eigenvalue weighted by atomic mass is 10.0. The van der Waals surface area contributed by atoms with Crippen LogP contribution in [-0.2, 0) is 9.53 Å². The molecule has 5 heteroatoms. The molecule has 168 valence electrons. The van der Waals surface area contributed by atoms with Gasteiger partial charge in [-0.05, 0) is 61.2 Å². The van der Waals surface area contributed by atoms with Gasteiger partial charge in [0.2, 0.25) is 5.91 Å². The molecular formula is C27H32N2O3. The summed E-state index contributed by atoms with van der Waals surface area (Å²) in [6, 6.07) is 18.2. The first-order valence-corrected chi connectivity index (χ1v) is 11.5. The molecule has 0 spiro atoms. The molecule has 3 aromatic heterocycles. The topological polar surface area (TPSA) is 54.2 Å². The number of rotatable bonds is 10. The maximum absolute atomic E-state index is 11.7. The van der Waals surface area contributed by atoms with Gasteiger partial charge in [-0.1, -0.05) is 31.5 Å². The van der Waals surface area contributed by atoms with E-state index in [2.05, 4.69) is 41.7 Å². The maximum Gasteiger partial charge on any atom is 0.222 e. The zero-order valence-electron chi connectivity index (χ0n) is 19.2. The molecule has 4 rings (SSSR count). The summed E-state index contributed by atoms with van der Waals surface area (Å²) < 4.78 is 8.61. The quantitative estimate of drug-likeness (QED) is 0.312. The fourth-order valence-corrected chi connectivity index (χ4v) is 4.40. The highest BCUT2D eigenvalue weighted by atomic mass is 16.5. The number of phenols is 1. The van der Waals surface area contributed by atoms with Crippen molar-refractivity contribution in [3.05, 3.63) is 60.2 Å². The highest BCUT2D eigenvalue weighted by Gasteiger charge is 2.20. The molecule has 1 aromatic carbocycles. The molecule has 0 saturated carbocycles. The zero-order valence-corrected chi connectivity index (χ0v) is 19.2. The van der Waals surface area contributed by atoms with E-state index in [1.165, 1.54) is 16.6 Å². The number of ether oxygens (including phenoxy) is 1. The Balaban J connectivity index is 1.50. The lowest BCUT2D eigenvalue weighted by Gasteiger charge is -2.16. The summed E-state index contributed by atoms with van der Waals surface area (Å²) >= 11 is 0. The maximum atomic E-state index is 11.7. The first-order chi connectivity index (χ1) is 15.5. The van der Waals surface area contributed by atoms with Crippen molar-refractivity contribution in [3.8, 4) is 16.9 Å². The molecule has 1 amide bonds. The molecule has 1 unspecified atom stereocenters. The Labute approximate surface area is 189 Å². The van der Waals surface area contributed by atoms with Gasteiger partial charge in [0.25, 0.3) is 0 Å². The van der Waals surface area contributed by atoms with Crippen molar-refractivity contribution >= 4 is 22.5 Å². The number of phenolic OH excluding ortho intramolecular Hbond substituents is 1. The second-order valence-corrected chi connectivity index (χ2v) is 8.63. The van der Waals surface area contributed by atoms with Crippen LogP contribution >= 0.6 is 0 Å². The smallest absolute Gasteiger partial charge is 0.222 e. The summed E-state index contributed by atoms with van der Waals surface area (Å²) in [5, 5.41) is 9.66. The van der Waals surface area contributed by atoms with Gasteiger partial charge in [0.1, 0.15) is 5.75 Å². The summed E-state index contributed by atoms with van der Waals surface area (Å²) in [7, 11) is 3.60. The van der Waals surface area contributed by atoms with Crippen molar-refractivity contribution < 1.29 is 14.6 Å². The standard InChI is InChI=1S/C27H32N2O3/c1-4-26(32-16-7-5-6-11-27(31)28(2)3)23-18-25-22(19-12-14-21(30)15-13-19)17-20-9-8-10-24(23)29(20)25/h8-10,12-15,17-18,26,30H,4-7,11,16H2,1-3H3. The fraction of sp³-hybridized carbons (Fsp3) is 0.370. The van der Waals surface area contributed by atoms with Crippen molar-refractivity contribution in [1.82, 2.24) is 9.30 Å². The van der Waals surface area contributed by atoms with E-state index in [0.29, 0.717) is 13.0 Å². The molecule has 3 heterocycles. The first-order valence-electron chi connectivity index (χ1n) is 11.5. The lowest BCUT2D eigenvalue weighted by Crippen LogP contribution is -2.21. The van der Waals surface area contributed by atoms with Crippen LogP contribution in [0.2, 0.25) is 0 Å². The number of aromatic nitrogens is 1. The van der Waals surface area contributed by atoms with Crippen molar-refractivity contribution in [2.75, 3.05) is 20.7 Å². The van der Waals surface area contributed by atoms with E-state index < -0.39 is 0 Å². The van der Waals surface area contributed by atoms with Crippen LogP contribution in [0.5, 0.6) is 5.75 Å². The van der Waals surface area contributed by atoms with Crippen molar-refractivity contribution in [2.24, 2.45) is 0 Å². The van der Waals surface area contributed by atoms with Crippen LogP contribution in [0.3, 0.4) is 0 Å². The molecular weight excluding hydrogens is 400 g/mol. The van der Waals surface area contributed by atoms with E-state index in [1.807, 2.05) is 12.1 Å². The van der Waals surface area contributed by atoms with Crippen LogP contribution in [0, 0.1) is 0 Å². The number of pyridine rings is 1. The van der Waals surface area contributed by atoms with E-state index in [4.69, 9.17) is 4.74 Å². The molecule has 32 heavy (non-hydrogen) atoms. The van der Waals surface area contributed by atoms with E-state index in [9.17, 15) is 9.90 Å². The van der Waals surface area contributed by atoms with Gasteiger partial charge in [-0.2, -0.15) is 0 Å². The van der Waals surface area contributed by atoms with E-state index in [1.54, 1.807) is 31.1 Å². The third-order valence-corrected chi connectivity index (χ3v) is 6.17. The Bertz CT molecular complexity index is 1180. The normalized spacial score (nSPS) is 12.6. The van der Waals surface area contributed by atoms with Gasteiger partial charge in [0.05, 0.1) is 17.1 Å². The monoisotopic (exact) mass is 432 g/mol. The van der Waals surface area contributed by atoms with Gasteiger partial charge in [-0.15, -0.1) is 0 Å². The molecule has 0 aliphatic heterocycles. The van der Waals surface area contributed by atoms with Crippen LogP contribution in [0.1, 0.15) is 50.7 Å². The highest BCUT2D eigenvalue weighted by molar-refractivity contribution is 5.92. The number of hydrogen-bond acceptors (Lipinski definition) is 3. The Morgan fingerprint density at radius 3 is 2.53 bits per heavy atom. The van der Waals surface area contributed by atoms with Gasteiger partial charge in [-0.25, -0.2) is 0 Å². The minimum atomic E-state index is 0.0385. The number of unbranched alkanes of at least 4 members (excludes halogenated alkanes) is 2. The molecule has 0 bridgehead atoms. The Hall–Kier alpha value is -3.05. The summed E-state index contributed by atoms with van der Waals surface area (Å²) in [6.07, 6.45) is 4.40. The lowest BCUT2D eigenvalue weighted by molar-refractivity contribution is -0.128. The molecule has 5 nitrogen and oxygen atoms in total. The number of benzene rings is 1. The minimum absolute atomic E-state index is 0.0385. The molecule has 0 saturated heterocycles. The average molecular weight is 433 g/mol. The molecule has 0 aliphatic rings. The number of aromatic hydroxyl groups is 1. The Morgan fingerprint density at radius 1 is 1.03 bits per heavy atom. The summed E-state index contributed by atoms with van der Waals surface area (Å²) in [4.78, 5) is 13.3. The van der Waals surface area contributed by atoms with Crippen molar-refractivity contribution in [2.45, 2.75) is 45.1 Å². The van der Waals surface area contributed by atoms with Crippen LogP contribution < -0.4 is 0 Å². The largest absolute Gasteiger partial charge is 0.508 e. The number of carbonyl (C=O) groups is 1. The summed E-state index contributed by atoms with van der Waals surface area (Å²) in [6.45, 7) is 2.86. The van der Waals surface area contributed by atoms with Crippen LogP contribution in [0.15, 0.2) is 54.6 Å². The average Bonchev–Trinajstić information content (AvgIpc) is 3.35. The second kappa shape index (κ2) is 9.61.